The van der Waals surface area contributed by atoms with Gasteiger partial charge in [0, 0.05) is 0 Å². The van der Waals surface area contributed by atoms with Crippen LogP contribution in [0.5, 0.6) is 5.75 Å². The molecule has 116 valence electrons. The average Bonchev–Trinajstić information content (AvgIpc) is 3.15. The molecule has 2 aromatic heterocycles. The van der Waals surface area contributed by atoms with Crippen LogP contribution in [0.2, 0.25) is 0 Å². The number of rotatable bonds is 4. The van der Waals surface area contributed by atoms with Crippen molar-refractivity contribution in [3.63, 3.8) is 0 Å². The van der Waals surface area contributed by atoms with Crippen molar-refractivity contribution >= 4 is 53.4 Å². The summed E-state index contributed by atoms with van der Waals surface area (Å²) in [5, 5.41) is 5.06. The van der Waals surface area contributed by atoms with E-state index >= 15 is 0 Å². The summed E-state index contributed by atoms with van der Waals surface area (Å²) < 4.78 is 7.56. The van der Waals surface area contributed by atoms with Gasteiger partial charge in [0.05, 0.1) is 27.5 Å². The zero-order valence-electron chi connectivity index (χ0n) is 12.8. The van der Waals surface area contributed by atoms with Crippen LogP contribution in [0, 0.1) is 0 Å². The van der Waals surface area contributed by atoms with Crippen LogP contribution in [0.15, 0.2) is 36.4 Å². The largest absolute Gasteiger partial charge is 0.497 e. The van der Waals surface area contributed by atoms with E-state index in [0.29, 0.717) is 0 Å². The SMILES string of the molecule is CCc1ccc2nc(Nc3nc4ccc(OC)cc4s3)sc2c1. The lowest BCUT2D eigenvalue weighted by Gasteiger charge is -1.96. The molecule has 4 nitrogen and oxygen atoms in total. The number of nitrogens with zero attached hydrogens (tertiary/aromatic N) is 2. The molecule has 2 aromatic carbocycles. The molecule has 0 bridgehead atoms. The Labute approximate surface area is 141 Å². The fourth-order valence-corrected chi connectivity index (χ4v) is 4.31. The summed E-state index contributed by atoms with van der Waals surface area (Å²) in [6, 6.07) is 12.3. The molecular weight excluding hydrogens is 326 g/mol. The van der Waals surface area contributed by atoms with Gasteiger partial charge in [-0.15, -0.1) is 0 Å². The minimum Gasteiger partial charge on any atom is -0.497 e. The van der Waals surface area contributed by atoms with Gasteiger partial charge in [-0.1, -0.05) is 35.7 Å². The van der Waals surface area contributed by atoms with E-state index in [1.54, 1.807) is 29.8 Å². The molecule has 0 saturated heterocycles. The Kier molecular flexibility index (Phi) is 3.63. The molecule has 1 N–H and O–H groups in total. The quantitative estimate of drug-likeness (QED) is 0.553. The van der Waals surface area contributed by atoms with Crippen LogP contribution >= 0.6 is 22.7 Å². The van der Waals surface area contributed by atoms with Crippen molar-refractivity contribution < 1.29 is 4.74 Å². The number of fused-ring (bicyclic) bond motifs is 2. The molecule has 0 unspecified atom stereocenters. The highest BCUT2D eigenvalue weighted by Gasteiger charge is 2.09. The van der Waals surface area contributed by atoms with E-state index in [9.17, 15) is 0 Å². The average molecular weight is 341 g/mol. The Bertz CT molecular complexity index is 910. The molecule has 4 rings (SSSR count). The number of thiazole rings is 2. The summed E-state index contributed by atoms with van der Waals surface area (Å²) >= 11 is 3.26. The van der Waals surface area contributed by atoms with Crippen molar-refractivity contribution in [2.24, 2.45) is 0 Å². The summed E-state index contributed by atoms with van der Waals surface area (Å²) in [5.74, 6) is 0.847. The van der Waals surface area contributed by atoms with E-state index in [2.05, 4.69) is 40.4 Å². The molecule has 23 heavy (non-hydrogen) atoms. The van der Waals surface area contributed by atoms with Crippen molar-refractivity contribution in [1.82, 2.24) is 9.97 Å². The maximum absolute atomic E-state index is 5.26. The van der Waals surface area contributed by atoms with Gasteiger partial charge in [-0.2, -0.15) is 0 Å². The third-order valence-electron chi connectivity index (χ3n) is 3.67. The Balaban J connectivity index is 1.66. The molecule has 0 amide bonds. The maximum Gasteiger partial charge on any atom is 0.190 e. The van der Waals surface area contributed by atoms with E-state index in [4.69, 9.17) is 4.74 Å². The molecule has 0 spiro atoms. The van der Waals surface area contributed by atoms with E-state index in [0.717, 1.165) is 38.2 Å². The number of anilines is 2. The van der Waals surface area contributed by atoms with Gasteiger partial charge < -0.3 is 10.1 Å². The highest BCUT2D eigenvalue weighted by Crippen LogP contribution is 2.33. The van der Waals surface area contributed by atoms with Gasteiger partial charge in [0.2, 0.25) is 0 Å². The zero-order chi connectivity index (χ0) is 15.8. The van der Waals surface area contributed by atoms with Gasteiger partial charge in [0.15, 0.2) is 10.3 Å². The van der Waals surface area contributed by atoms with Gasteiger partial charge in [-0.25, -0.2) is 9.97 Å². The molecule has 0 aliphatic rings. The predicted octanol–water partition coefficient (Wildman–Crippen LogP) is 5.22. The van der Waals surface area contributed by atoms with Crippen LogP contribution in [0.3, 0.4) is 0 Å². The molecule has 0 fully saturated rings. The normalized spacial score (nSPS) is 11.2. The number of hydrogen-bond donors (Lipinski definition) is 1. The van der Waals surface area contributed by atoms with Crippen LogP contribution in [-0.4, -0.2) is 17.1 Å². The monoisotopic (exact) mass is 341 g/mol. The number of aryl methyl sites for hydroxylation is 1. The van der Waals surface area contributed by atoms with Gasteiger partial charge in [0.1, 0.15) is 5.75 Å². The zero-order valence-corrected chi connectivity index (χ0v) is 14.4. The van der Waals surface area contributed by atoms with E-state index < -0.39 is 0 Å². The summed E-state index contributed by atoms with van der Waals surface area (Å²) in [6.45, 7) is 2.16. The van der Waals surface area contributed by atoms with Gasteiger partial charge in [0.25, 0.3) is 0 Å². The maximum atomic E-state index is 5.26. The Hall–Kier alpha value is -2.18. The van der Waals surface area contributed by atoms with Crippen molar-refractivity contribution in [3.8, 4) is 5.75 Å². The summed E-state index contributed by atoms with van der Waals surface area (Å²) in [6.07, 6.45) is 1.04. The van der Waals surface area contributed by atoms with E-state index in [-0.39, 0.29) is 0 Å². The fourth-order valence-electron chi connectivity index (χ4n) is 2.42. The van der Waals surface area contributed by atoms with Crippen LogP contribution in [0.25, 0.3) is 20.4 Å². The number of benzene rings is 2. The first-order valence-corrected chi connectivity index (χ1v) is 8.99. The number of aromatic nitrogens is 2. The first kappa shape index (κ1) is 14.4. The van der Waals surface area contributed by atoms with Gasteiger partial charge in [-0.3, -0.25) is 0 Å². The first-order valence-electron chi connectivity index (χ1n) is 7.36. The molecule has 6 heteroatoms. The molecule has 0 saturated carbocycles. The Morgan fingerprint density at radius 2 is 1.61 bits per heavy atom. The van der Waals surface area contributed by atoms with Crippen molar-refractivity contribution in [3.05, 3.63) is 42.0 Å². The fraction of sp³-hybridized carbons (Fsp3) is 0.176. The highest BCUT2D eigenvalue weighted by atomic mass is 32.1. The minimum atomic E-state index is 0.847. The molecular formula is C17H15N3OS2. The second-order valence-corrected chi connectivity index (χ2v) is 7.21. The van der Waals surface area contributed by atoms with Crippen LogP contribution in [0.1, 0.15) is 12.5 Å². The standard InChI is InChI=1S/C17H15N3OS2/c1-3-10-4-6-12-14(8-10)22-16(18-12)20-17-19-13-7-5-11(21-2)9-15(13)23-17/h4-9H,3H2,1-2H3,(H,18,19,20). The van der Waals surface area contributed by atoms with E-state index in [1.807, 2.05) is 18.2 Å². The van der Waals surface area contributed by atoms with Crippen LogP contribution in [-0.2, 0) is 6.42 Å². The number of ether oxygens (including phenoxy) is 1. The van der Waals surface area contributed by atoms with Crippen LogP contribution in [0.4, 0.5) is 10.3 Å². The summed E-state index contributed by atoms with van der Waals surface area (Å²) in [4.78, 5) is 9.24. The predicted molar refractivity (Wildman–Crippen MR) is 98.5 cm³/mol. The first-order chi connectivity index (χ1) is 11.2. The smallest absolute Gasteiger partial charge is 0.190 e. The molecule has 0 aliphatic carbocycles. The summed E-state index contributed by atoms with van der Waals surface area (Å²) in [5.41, 5.74) is 3.32. The van der Waals surface area contributed by atoms with Gasteiger partial charge >= 0.3 is 0 Å². The van der Waals surface area contributed by atoms with E-state index in [1.165, 1.54) is 10.3 Å². The Morgan fingerprint density at radius 3 is 2.26 bits per heavy atom. The second kappa shape index (κ2) is 5.79. The molecule has 0 radical (unpaired) electrons. The topological polar surface area (TPSA) is 47.0 Å². The highest BCUT2D eigenvalue weighted by molar-refractivity contribution is 7.24. The number of methoxy groups -OCH3 is 1. The van der Waals surface area contributed by atoms with Crippen LogP contribution < -0.4 is 10.1 Å². The van der Waals surface area contributed by atoms with Crippen molar-refractivity contribution in [2.75, 3.05) is 12.4 Å². The molecule has 0 atom stereocenters. The lowest BCUT2D eigenvalue weighted by molar-refractivity contribution is 0.415. The molecule has 2 heterocycles. The van der Waals surface area contributed by atoms with Crippen molar-refractivity contribution in [2.45, 2.75) is 13.3 Å². The molecule has 0 aliphatic heterocycles. The lowest BCUT2D eigenvalue weighted by atomic mass is 10.2. The minimum absolute atomic E-state index is 0.847. The Morgan fingerprint density at radius 1 is 0.957 bits per heavy atom. The lowest BCUT2D eigenvalue weighted by Crippen LogP contribution is -1.87. The second-order valence-electron chi connectivity index (χ2n) is 5.15. The number of nitrogens with one attached hydrogen (secondary N) is 1. The third-order valence-corrected chi connectivity index (χ3v) is 5.54. The van der Waals surface area contributed by atoms with Gasteiger partial charge in [-0.05, 0) is 42.3 Å². The molecule has 4 aromatic rings. The van der Waals surface area contributed by atoms with Crippen molar-refractivity contribution in [1.29, 1.82) is 0 Å². The summed E-state index contributed by atoms with van der Waals surface area (Å²) in [7, 11) is 1.67. The third kappa shape index (κ3) is 2.75. The number of hydrogen-bond acceptors (Lipinski definition) is 6.